The van der Waals surface area contributed by atoms with E-state index in [4.69, 9.17) is 10.5 Å². The zero-order valence-corrected chi connectivity index (χ0v) is 12.2. The summed E-state index contributed by atoms with van der Waals surface area (Å²) in [6.07, 6.45) is 0.459. The highest BCUT2D eigenvalue weighted by Gasteiger charge is 2.34. The van der Waals surface area contributed by atoms with Crippen LogP contribution >= 0.6 is 0 Å². The molecule has 1 aliphatic heterocycles. The molecule has 0 spiro atoms. The smallest absolute Gasteiger partial charge is 0.149 e. The second-order valence-electron chi connectivity index (χ2n) is 6.11. The second kappa shape index (κ2) is 5.66. The summed E-state index contributed by atoms with van der Waals surface area (Å²) < 4.78 is 34.0. The first-order chi connectivity index (χ1) is 9.31. The van der Waals surface area contributed by atoms with Crippen LogP contribution in [0.3, 0.4) is 0 Å². The normalized spacial score (nSPS) is 20.0. The number of morpholine rings is 1. The maximum atomic E-state index is 14.3. The number of benzene rings is 1. The molecule has 0 aliphatic carbocycles. The van der Waals surface area contributed by atoms with Crippen LogP contribution in [0.1, 0.15) is 26.3 Å². The molecule has 0 amide bonds. The summed E-state index contributed by atoms with van der Waals surface area (Å²) >= 11 is 0. The zero-order valence-electron chi connectivity index (χ0n) is 12.2. The predicted molar refractivity (Wildman–Crippen MR) is 76.0 cm³/mol. The topological polar surface area (TPSA) is 38.5 Å². The number of halogens is 2. The molecule has 1 aliphatic rings. The predicted octanol–water partition coefficient (Wildman–Crippen LogP) is 2.47. The van der Waals surface area contributed by atoms with Crippen molar-refractivity contribution in [2.75, 3.05) is 24.7 Å². The van der Waals surface area contributed by atoms with Crippen molar-refractivity contribution in [2.45, 2.75) is 38.8 Å². The first kappa shape index (κ1) is 15.2. The Labute approximate surface area is 118 Å². The Balaban J connectivity index is 2.37. The SMILES string of the molecule is CC(N)Cc1cc(F)c(N2CCOCC2(C)C)c(F)c1. The molecule has 0 saturated carbocycles. The van der Waals surface area contributed by atoms with Crippen molar-refractivity contribution in [3.8, 4) is 0 Å². The molecule has 0 bridgehead atoms. The fourth-order valence-corrected chi connectivity index (χ4v) is 2.64. The van der Waals surface area contributed by atoms with Gasteiger partial charge < -0.3 is 15.4 Å². The average Bonchev–Trinajstić information content (AvgIpc) is 2.29. The van der Waals surface area contributed by atoms with Crippen LogP contribution in [0.5, 0.6) is 0 Å². The average molecular weight is 284 g/mol. The van der Waals surface area contributed by atoms with Gasteiger partial charge in [-0.3, -0.25) is 0 Å². The van der Waals surface area contributed by atoms with Crippen molar-refractivity contribution in [1.29, 1.82) is 0 Å². The first-order valence-corrected chi connectivity index (χ1v) is 6.90. The molecule has 5 heteroatoms. The zero-order chi connectivity index (χ0) is 14.9. The van der Waals surface area contributed by atoms with Gasteiger partial charge in [-0.05, 0) is 44.9 Å². The Morgan fingerprint density at radius 2 is 1.95 bits per heavy atom. The second-order valence-corrected chi connectivity index (χ2v) is 6.11. The third kappa shape index (κ3) is 3.10. The van der Waals surface area contributed by atoms with Gasteiger partial charge in [-0.2, -0.15) is 0 Å². The summed E-state index contributed by atoms with van der Waals surface area (Å²) in [5.41, 5.74) is 5.87. The molecule has 2 N–H and O–H groups in total. The van der Waals surface area contributed by atoms with E-state index in [1.165, 1.54) is 12.1 Å². The Bertz CT molecular complexity index is 466. The molecular formula is C15H22F2N2O. The number of hydrogen-bond acceptors (Lipinski definition) is 3. The molecule has 112 valence electrons. The number of anilines is 1. The van der Waals surface area contributed by atoms with Gasteiger partial charge in [0.2, 0.25) is 0 Å². The minimum absolute atomic E-state index is 0.0340. The highest BCUT2D eigenvalue weighted by molar-refractivity contribution is 5.53. The number of hydrogen-bond donors (Lipinski definition) is 1. The van der Waals surface area contributed by atoms with Gasteiger partial charge in [0.05, 0.1) is 18.8 Å². The molecule has 0 aromatic heterocycles. The summed E-state index contributed by atoms with van der Waals surface area (Å²) in [4.78, 5) is 1.75. The molecule has 0 radical (unpaired) electrons. The molecule has 2 rings (SSSR count). The lowest BCUT2D eigenvalue weighted by molar-refractivity contribution is 0.0635. The minimum Gasteiger partial charge on any atom is -0.377 e. The maximum Gasteiger partial charge on any atom is 0.149 e. The molecule has 1 atom stereocenters. The van der Waals surface area contributed by atoms with E-state index in [1.807, 2.05) is 20.8 Å². The van der Waals surface area contributed by atoms with Crippen LogP contribution in [0.25, 0.3) is 0 Å². The quantitative estimate of drug-likeness (QED) is 0.926. The van der Waals surface area contributed by atoms with Gasteiger partial charge in [0.15, 0.2) is 0 Å². The van der Waals surface area contributed by atoms with Crippen LogP contribution in [-0.2, 0) is 11.2 Å². The molecule has 1 aromatic carbocycles. The fraction of sp³-hybridized carbons (Fsp3) is 0.600. The lowest BCUT2D eigenvalue weighted by atomic mass is 9.99. The standard InChI is InChI=1S/C15H22F2N2O/c1-10(18)6-11-7-12(16)14(13(17)8-11)19-4-5-20-9-15(19,2)3/h7-8,10H,4-6,9,18H2,1-3H3. The number of ether oxygens (including phenoxy) is 1. The van der Waals surface area contributed by atoms with Crippen molar-refractivity contribution in [3.05, 3.63) is 29.3 Å². The van der Waals surface area contributed by atoms with Gasteiger partial charge in [-0.15, -0.1) is 0 Å². The van der Waals surface area contributed by atoms with E-state index in [-0.39, 0.29) is 11.7 Å². The highest BCUT2D eigenvalue weighted by Crippen LogP contribution is 2.32. The monoisotopic (exact) mass is 284 g/mol. The number of nitrogens with zero attached hydrogens (tertiary/aromatic N) is 1. The van der Waals surface area contributed by atoms with E-state index in [9.17, 15) is 8.78 Å². The fourth-order valence-electron chi connectivity index (χ4n) is 2.64. The van der Waals surface area contributed by atoms with Gasteiger partial charge in [-0.1, -0.05) is 0 Å². The van der Waals surface area contributed by atoms with E-state index < -0.39 is 17.2 Å². The van der Waals surface area contributed by atoms with Crippen LogP contribution in [0.2, 0.25) is 0 Å². The van der Waals surface area contributed by atoms with Gasteiger partial charge >= 0.3 is 0 Å². The van der Waals surface area contributed by atoms with E-state index >= 15 is 0 Å². The molecule has 20 heavy (non-hydrogen) atoms. The lowest BCUT2D eigenvalue weighted by Gasteiger charge is -2.44. The molecule has 1 aromatic rings. The van der Waals surface area contributed by atoms with Gasteiger partial charge in [0.1, 0.15) is 17.3 Å². The molecule has 1 unspecified atom stereocenters. The van der Waals surface area contributed by atoms with E-state index in [0.29, 0.717) is 31.7 Å². The molecule has 1 fully saturated rings. The van der Waals surface area contributed by atoms with Crippen molar-refractivity contribution in [1.82, 2.24) is 0 Å². The van der Waals surface area contributed by atoms with Crippen molar-refractivity contribution in [2.24, 2.45) is 5.73 Å². The van der Waals surface area contributed by atoms with Crippen LogP contribution in [0.4, 0.5) is 14.5 Å². The van der Waals surface area contributed by atoms with E-state index in [0.717, 1.165) is 0 Å². The number of nitrogens with two attached hydrogens (primary N) is 1. The van der Waals surface area contributed by atoms with Crippen molar-refractivity contribution < 1.29 is 13.5 Å². The minimum atomic E-state index is -0.532. The Kier molecular flexibility index (Phi) is 4.30. The van der Waals surface area contributed by atoms with E-state index in [2.05, 4.69) is 0 Å². The van der Waals surface area contributed by atoms with Crippen molar-refractivity contribution >= 4 is 5.69 Å². The molecule has 3 nitrogen and oxygen atoms in total. The Hall–Kier alpha value is -1.20. The maximum absolute atomic E-state index is 14.3. The summed E-state index contributed by atoms with van der Waals surface area (Å²) in [6, 6.07) is 2.64. The molecule has 1 saturated heterocycles. The van der Waals surface area contributed by atoms with Gasteiger partial charge in [-0.25, -0.2) is 8.78 Å². The molecule has 1 heterocycles. The molecular weight excluding hydrogens is 262 g/mol. The Morgan fingerprint density at radius 3 is 2.45 bits per heavy atom. The van der Waals surface area contributed by atoms with Crippen LogP contribution in [0.15, 0.2) is 12.1 Å². The van der Waals surface area contributed by atoms with Crippen molar-refractivity contribution in [3.63, 3.8) is 0 Å². The summed E-state index contributed by atoms with van der Waals surface area (Å²) in [5.74, 6) is -1.06. The summed E-state index contributed by atoms with van der Waals surface area (Å²) in [6.45, 7) is 7.06. The van der Waals surface area contributed by atoms with Gasteiger partial charge in [0.25, 0.3) is 0 Å². The lowest BCUT2D eigenvalue weighted by Crippen LogP contribution is -2.53. The first-order valence-electron chi connectivity index (χ1n) is 6.90. The largest absolute Gasteiger partial charge is 0.377 e. The van der Waals surface area contributed by atoms with Crippen LogP contribution in [-0.4, -0.2) is 31.3 Å². The third-order valence-electron chi connectivity index (χ3n) is 3.55. The van der Waals surface area contributed by atoms with Gasteiger partial charge in [0, 0.05) is 12.6 Å². The summed E-state index contributed by atoms with van der Waals surface area (Å²) in [5, 5.41) is 0. The third-order valence-corrected chi connectivity index (χ3v) is 3.55. The summed E-state index contributed by atoms with van der Waals surface area (Å²) in [7, 11) is 0. The van der Waals surface area contributed by atoms with Crippen LogP contribution in [0, 0.1) is 11.6 Å². The Morgan fingerprint density at radius 1 is 1.35 bits per heavy atom. The highest BCUT2D eigenvalue weighted by atomic mass is 19.1. The number of rotatable bonds is 3. The van der Waals surface area contributed by atoms with Crippen LogP contribution < -0.4 is 10.6 Å². The van der Waals surface area contributed by atoms with E-state index in [1.54, 1.807) is 4.90 Å².